The molecule has 0 aliphatic rings. The minimum atomic E-state index is -4.67. The first-order valence-electron chi connectivity index (χ1n) is 4.41. The monoisotopic (exact) mass is 250 g/mol. The third kappa shape index (κ3) is 49.9. The van der Waals surface area contributed by atoms with Crippen molar-refractivity contribution in [2.45, 2.75) is 45.4 Å². The van der Waals surface area contributed by atoms with Crippen molar-refractivity contribution in [1.29, 1.82) is 0 Å². The number of rotatable bonds is 5. The zero-order valence-electron chi connectivity index (χ0n) is 9.07. The molecule has 14 heavy (non-hydrogen) atoms. The maximum Gasteiger partial charge on any atom is 1.00 e. The fourth-order valence-corrected chi connectivity index (χ4v) is 0.780. The molecule has 0 fully saturated rings. The summed E-state index contributed by atoms with van der Waals surface area (Å²) in [7, 11) is -4.67. The van der Waals surface area contributed by atoms with E-state index >= 15 is 0 Å². The van der Waals surface area contributed by atoms with Gasteiger partial charge in [-0.15, -0.1) is 0 Å². The SMILES string of the molecule is O=S(=O)(O)O.[CH2-]CCCCCCC.[K+]. The van der Waals surface area contributed by atoms with Gasteiger partial charge >= 0.3 is 61.8 Å². The van der Waals surface area contributed by atoms with Crippen molar-refractivity contribution in [2.75, 3.05) is 0 Å². The van der Waals surface area contributed by atoms with Crippen LogP contribution in [0, 0.1) is 6.92 Å². The van der Waals surface area contributed by atoms with Crippen molar-refractivity contribution >= 4 is 10.4 Å². The van der Waals surface area contributed by atoms with Gasteiger partial charge in [-0.3, -0.25) is 9.11 Å². The Labute approximate surface area is 130 Å². The summed E-state index contributed by atoms with van der Waals surface area (Å²) >= 11 is 0. The molecule has 0 unspecified atom stereocenters. The van der Waals surface area contributed by atoms with Crippen LogP contribution >= 0.6 is 0 Å². The van der Waals surface area contributed by atoms with Gasteiger partial charge in [-0.2, -0.15) is 14.8 Å². The second-order valence-electron chi connectivity index (χ2n) is 2.72. The predicted octanol–water partition coefficient (Wildman–Crippen LogP) is -0.468. The first-order chi connectivity index (χ1) is 5.91. The Hall–Kier alpha value is 1.51. The third-order valence-electron chi connectivity index (χ3n) is 1.35. The van der Waals surface area contributed by atoms with E-state index in [9.17, 15) is 0 Å². The van der Waals surface area contributed by atoms with Gasteiger partial charge in [0.05, 0.1) is 0 Å². The van der Waals surface area contributed by atoms with E-state index in [4.69, 9.17) is 17.5 Å². The van der Waals surface area contributed by atoms with E-state index in [-0.39, 0.29) is 51.4 Å². The molecule has 0 spiro atoms. The summed E-state index contributed by atoms with van der Waals surface area (Å²) in [6.45, 7) is 6.02. The van der Waals surface area contributed by atoms with Crippen molar-refractivity contribution in [3.8, 4) is 0 Å². The van der Waals surface area contributed by atoms with Crippen LogP contribution in [0.1, 0.15) is 45.4 Å². The van der Waals surface area contributed by atoms with Crippen LogP contribution in [0.5, 0.6) is 0 Å². The van der Waals surface area contributed by atoms with Crippen molar-refractivity contribution in [1.82, 2.24) is 0 Å². The third-order valence-corrected chi connectivity index (χ3v) is 1.35. The molecular formula is C8H19KO4S. The Kier molecular flexibility index (Phi) is 21.6. The summed E-state index contributed by atoms with van der Waals surface area (Å²) in [4.78, 5) is 0. The van der Waals surface area contributed by atoms with E-state index in [0.29, 0.717) is 0 Å². The van der Waals surface area contributed by atoms with Gasteiger partial charge in [-0.25, -0.2) is 0 Å². The standard InChI is InChI=1S/C8H17.K.H2O4S/c1-3-5-7-8-6-4-2;;1-5(2,3)4/h1,3-8H2,2H3;;(H2,1,2,3,4)/q-1;+1;. The Balaban J connectivity index is -0.000000177. The first-order valence-corrected chi connectivity index (χ1v) is 5.80. The minimum Gasteiger partial charge on any atom is -0.343 e. The molecule has 0 aliphatic heterocycles. The van der Waals surface area contributed by atoms with Gasteiger partial charge in [0.2, 0.25) is 0 Å². The van der Waals surface area contributed by atoms with E-state index in [1.807, 2.05) is 0 Å². The quantitative estimate of drug-likeness (QED) is 0.299. The first kappa shape index (κ1) is 20.9. The molecule has 0 rings (SSSR count). The maximum atomic E-state index is 8.74. The number of hydrogen-bond donors (Lipinski definition) is 2. The average molecular weight is 250 g/mol. The molecule has 2 N–H and O–H groups in total. The average Bonchev–Trinajstić information content (AvgIpc) is 1.95. The van der Waals surface area contributed by atoms with E-state index in [1.54, 1.807) is 0 Å². The van der Waals surface area contributed by atoms with Crippen LogP contribution in [-0.4, -0.2) is 17.5 Å². The van der Waals surface area contributed by atoms with Gasteiger partial charge in [0.15, 0.2) is 0 Å². The molecule has 6 heteroatoms. The second kappa shape index (κ2) is 14.5. The molecule has 0 saturated heterocycles. The summed E-state index contributed by atoms with van der Waals surface area (Å²) in [5, 5.41) is 0. The Bertz CT molecular complexity index is 166. The molecule has 82 valence electrons. The summed E-state index contributed by atoms with van der Waals surface area (Å²) in [6.07, 6.45) is 7.98. The summed E-state index contributed by atoms with van der Waals surface area (Å²) in [5.74, 6) is 0. The van der Waals surface area contributed by atoms with Crippen LogP contribution in [0.3, 0.4) is 0 Å². The molecule has 0 amide bonds. The fourth-order valence-electron chi connectivity index (χ4n) is 0.780. The van der Waals surface area contributed by atoms with Crippen LogP contribution < -0.4 is 51.4 Å². The van der Waals surface area contributed by atoms with Crippen LogP contribution in [0.15, 0.2) is 0 Å². The molecule has 0 aromatic heterocycles. The molecule has 0 radical (unpaired) electrons. The maximum absolute atomic E-state index is 8.74. The Morgan fingerprint density at radius 2 is 1.43 bits per heavy atom. The molecule has 0 bridgehead atoms. The van der Waals surface area contributed by atoms with Crippen molar-refractivity contribution in [3.63, 3.8) is 0 Å². The van der Waals surface area contributed by atoms with Gasteiger partial charge in [0.1, 0.15) is 0 Å². The smallest absolute Gasteiger partial charge is 0.343 e. The van der Waals surface area contributed by atoms with Crippen molar-refractivity contribution < 1.29 is 68.9 Å². The minimum absolute atomic E-state index is 0. The molecular weight excluding hydrogens is 231 g/mol. The molecule has 0 atom stereocenters. The molecule has 0 aromatic rings. The molecule has 0 aromatic carbocycles. The van der Waals surface area contributed by atoms with Gasteiger partial charge < -0.3 is 6.92 Å². The van der Waals surface area contributed by atoms with Gasteiger partial charge in [-0.1, -0.05) is 39.0 Å². The Morgan fingerprint density at radius 1 is 1.07 bits per heavy atom. The predicted molar refractivity (Wildman–Crippen MR) is 52.9 cm³/mol. The molecule has 0 saturated carbocycles. The van der Waals surface area contributed by atoms with E-state index < -0.39 is 10.4 Å². The van der Waals surface area contributed by atoms with Crippen LogP contribution in [0.2, 0.25) is 0 Å². The van der Waals surface area contributed by atoms with Crippen molar-refractivity contribution in [2.24, 2.45) is 0 Å². The molecule has 0 heterocycles. The van der Waals surface area contributed by atoms with Gasteiger partial charge in [0, 0.05) is 0 Å². The van der Waals surface area contributed by atoms with E-state index in [2.05, 4.69) is 13.8 Å². The molecule has 0 aliphatic carbocycles. The topological polar surface area (TPSA) is 74.6 Å². The van der Waals surface area contributed by atoms with Crippen LogP contribution in [0.25, 0.3) is 0 Å². The van der Waals surface area contributed by atoms with Gasteiger partial charge in [-0.05, 0) is 0 Å². The van der Waals surface area contributed by atoms with Crippen molar-refractivity contribution in [3.05, 3.63) is 6.92 Å². The number of hydrogen-bond acceptors (Lipinski definition) is 2. The normalized spacial score (nSPS) is 9.71. The van der Waals surface area contributed by atoms with E-state index in [1.165, 1.54) is 32.1 Å². The zero-order chi connectivity index (χ0) is 10.7. The van der Waals surface area contributed by atoms with Gasteiger partial charge in [0.25, 0.3) is 0 Å². The fraction of sp³-hybridized carbons (Fsp3) is 0.875. The number of unbranched alkanes of at least 4 members (excludes halogenated alkanes) is 5. The Morgan fingerprint density at radius 3 is 1.71 bits per heavy atom. The zero-order valence-corrected chi connectivity index (χ0v) is 13.0. The second-order valence-corrected chi connectivity index (χ2v) is 3.61. The largest absolute Gasteiger partial charge is 1.00 e. The van der Waals surface area contributed by atoms with Crippen LogP contribution in [0.4, 0.5) is 0 Å². The molecule has 4 nitrogen and oxygen atoms in total. The van der Waals surface area contributed by atoms with E-state index in [0.717, 1.165) is 6.42 Å². The summed E-state index contributed by atoms with van der Waals surface area (Å²) in [5.41, 5.74) is 0. The summed E-state index contributed by atoms with van der Waals surface area (Å²) < 4.78 is 31.6. The van der Waals surface area contributed by atoms with Crippen LogP contribution in [-0.2, 0) is 10.4 Å². The summed E-state index contributed by atoms with van der Waals surface area (Å²) in [6, 6.07) is 0.